The Kier molecular flexibility index (Phi) is 11.5. The molecule has 3 fully saturated rings. The second kappa shape index (κ2) is 15.7. The molecule has 6 rings (SSSR count). The van der Waals surface area contributed by atoms with Crippen LogP contribution in [-0.2, 0) is 51.4 Å². The first-order chi connectivity index (χ1) is 25.9. The van der Waals surface area contributed by atoms with Crippen LogP contribution in [0, 0.1) is 11.7 Å². The Morgan fingerprint density at radius 1 is 1.09 bits per heavy atom. The average Bonchev–Trinajstić information content (AvgIpc) is 3.87. The average molecular weight is 790 g/mol. The fourth-order valence-electron chi connectivity index (χ4n) is 7.77. The summed E-state index contributed by atoms with van der Waals surface area (Å²) in [5.41, 5.74) is -2.33. The molecule has 302 valence electrons. The number of benzene rings is 1. The monoisotopic (exact) mass is 789 g/mol. The van der Waals surface area contributed by atoms with Gasteiger partial charge in [0, 0.05) is 24.4 Å². The van der Waals surface area contributed by atoms with E-state index in [4.69, 9.17) is 13.7 Å². The van der Waals surface area contributed by atoms with Gasteiger partial charge in [0.25, 0.3) is 5.91 Å². The van der Waals surface area contributed by atoms with Crippen LogP contribution in [0.15, 0.2) is 30.4 Å². The van der Waals surface area contributed by atoms with Crippen LogP contribution >= 0.6 is 0 Å². The molecule has 2 saturated carbocycles. The maximum Gasteiger partial charge on any atom is 0.410 e. The Bertz CT molecular complexity index is 1830. The molecule has 5 atom stereocenters. The van der Waals surface area contributed by atoms with Gasteiger partial charge in [0.2, 0.25) is 11.8 Å². The number of nitrogens with zero attached hydrogens (tertiary/aromatic N) is 2. The molecular weight excluding hydrogens is 738 g/mol. The number of hydrogen-bond donors (Lipinski definition) is 3. The van der Waals surface area contributed by atoms with Crippen LogP contribution in [0.2, 0.25) is 0 Å². The van der Waals surface area contributed by atoms with E-state index in [9.17, 15) is 36.8 Å². The van der Waals surface area contributed by atoms with Gasteiger partial charge in [-0.05, 0) is 77.3 Å². The second-order valence-corrected chi connectivity index (χ2v) is 17.7. The van der Waals surface area contributed by atoms with E-state index in [0.29, 0.717) is 56.1 Å². The van der Waals surface area contributed by atoms with Gasteiger partial charge in [0.05, 0.1) is 18.7 Å². The van der Waals surface area contributed by atoms with Gasteiger partial charge in [-0.1, -0.05) is 50.5 Å². The quantitative estimate of drug-likeness (QED) is 0.321. The number of alkyl carbamates (subject to hydrolysis) is 1. The molecular formula is C38H52FN5O10S. The number of nitrogens with one attached hydrogen (secondary N) is 3. The van der Waals surface area contributed by atoms with Crippen molar-refractivity contribution in [2.45, 2.75) is 146 Å². The fraction of sp³-hybridized carbons (Fsp3) is 0.658. The number of carbonyl (C=O) groups is 5. The Hall–Kier alpha value is -4.25. The molecule has 5 amide bonds. The molecule has 15 nitrogen and oxygen atoms in total. The summed E-state index contributed by atoms with van der Waals surface area (Å²) in [4.78, 5) is 71.4. The molecule has 0 unspecified atom stereocenters. The zero-order chi connectivity index (χ0) is 39.8. The van der Waals surface area contributed by atoms with Crippen molar-refractivity contribution in [3.8, 4) is 0 Å². The number of amides is 5. The van der Waals surface area contributed by atoms with Gasteiger partial charge in [0.15, 0.2) is 0 Å². The molecule has 3 aliphatic heterocycles. The number of rotatable bonds is 8. The van der Waals surface area contributed by atoms with Gasteiger partial charge in [-0.3, -0.25) is 19.3 Å². The highest BCUT2D eigenvalue weighted by Gasteiger charge is 2.62. The van der Waals surface area contributed by atoms with Gasteiger partial charge in [-0.15, -0.1) is 0 Å². The summed E-state index contributed by atoms with van der Waals surface area (Å²) in [6, 6.07) is 2.23. The van der Waals surface area contributed by atoms with Crippen molar-refractivity contribution in [3.63, 3.8) is 0 Å². The molecule has 1 aromatic carbocycles. The number of hydrogen-bond acceptors (Lipinski definition) is 10. The lowest BCUT2D eigenvalue weighted by Gasteiger charge is -2.30. The smallest absolute Gasteiger partial charge is 0.410 e. The third kappa shape index (κ3) is 9.59. The Morgan fingerprint density at radius 2 is 1.85 bits per heavy atom. The van der Waals surface area contributed by atoms with Crippen molar-refractivity contribution in [1.82, 2.24) is 25.2 Å². The molecule has 1 aromatic rings. The Morgan fingerprint density at radius 3 is 2.55 bits per heavy atom. The lowest BCUT2D eigenvalue weighted by molar-refractivity contribution is -0.141. The van der Waals surface area contributed by atoms with E-state index in [1.165, 1.54) is 15.9 Å². The Labute approximate surface area is 321 Å². The highest BCUT2D eigenvalue weighted by atomic mass is 32.2. The van der Waals surface area contributed by atoms with E-state index in [0.717, 1.165) is 6.42 Å². The normalized spacial score (nSPS) is 28.3. The van der Waals surface area contributed by atoms with Crippen LogP contribution < -0.4 is 15.4 Å². The van der Waals surface area contributed by atoms with Crippen LogP contribution in [0.1, 0.15) is 109 Å². The van der Waals surface area contributed by atoms with Crippen molar-refractivity contribution in [3.05, 3.63) is 47.3 Å². The first kappa shape index (κ1) is 40.4. The number of allylic oxidation sites excluding steroid dienone is 1. The van der Waals surface area contributed by atoms with Crippen LogP contribution in [0.25, 0.3) is 0 Å². The molecule has 2 aliphatic carbocycles. The van der Waals surface area contributed by atoms with Crippen molar-refractivity contribution < 1.29 is 50.4 Å². The summed E-state index contributed by atoms with van der Waals surface area (Å²) < 4.78 is 59.4. The van der Waals surface area contributed by atoms with E-state index in [1.54, 1.807) is 39.0 Å². The Balaban J connectivity index is 1.24. The van der Waals surface area contributed by atoms with Gasteiger partial charge in [-0.25, -0.2) is 22.9 Å². The lowest BCUT2D eigenvalue weighted by atomic mass is 10.0. The highest BCUT2D eigenvalue weighted by molar-refractivity contribution is 7.85. The third-order valence-corrected chi connectivity index (χ3v) is 11.8. The van der Waals surface area contributed by atoms with Crippen LogP contribution in [0.3, 0.4) is 0 Å². The van der Waals surface area contributed by atoms with E-state index in [1.807, 2.05) is 17.7 Å². The molecule has 5 aliphatic rings. The zero-order valence-corrected chi connectivity index (χ0v) is 32.7. The van der Waals surface area contributed by atoms with Crippen molar-refractivity contribution in [2.24, 2.45) is 5.92 Å². The molecule has 0 radical (unpaired) electrons. The molecule has 3 N–H and O–H groups in total. The SMILES string of the molecule is CCCC1(OS(=O)(=O)NC(=O)[C@@]23C[C@@H]2/C=C\CCCCC[C@H](NC(=O)OC(C)(C)C)C(=O)N2C[C@H](OC(=O)N4Cc5cccc(F)c5C4)C[C@H]2C(=O)N3)CC1. The molecule has 3 heterocycles. The van der Waals surface area contributed by atoms with Gasteiger partial charge in [0.1, 0.15) is 35.1 Å². The van der Waals surface area contributed by atoms with Crippen molar-refractivity contribution >= 4 is 40.2 Å². The summed E-state index contributed by atoms with van der Waals surface area (Å²) in [6.07, 6.45) is 6.24. The number of halogens is 1. The predicted molar refractivity (Wildman–Crippen MR) is 195 cm³/mol. The maximum absolute atomic E-state index is 14.5. The fourth-order valence-corrected chi connectivity index (χ4v) is 8.94. The van der Waals surface area contributed by atoms with E-state index in [-0.39, 0.29) is 38.9 Å². The minimum atomic E-state index is -4.53. The largest absolute Gasteiger partial charge is 0.444 e. The second-order valence-electron chi connectivity index (χ2n) is 16.4. The maximum atomic E-state index is 14.5. The van der Waals surface area contributed by atoms with E-state index >= 15 is 0 Å². The topological polar surface area (TPSA) is 190 Å². The molecule has 55 heavy (non-hydrogen) atoms. The van der Waals surface area contributed by atoms with Crippen LogP contribution in [0.4, 0.5) is 14.0 Å². The van der Waals surface area contributed by atoms with E-state index in [2.05, 4.69) is 10.6 Å². The summed E-state index contributed by atoms with van der Waals surface area (Å²) >= 11 is 0. The predicted octanol–water partition coefficient (Wildman–Crippen LogP) is 4.25. The minimum absolute atomic E-state index is 0.0132. The van der Waals surface area contributed by atoms with Gasteiger partial charge in [-0.2, -0.15) is 8.42 Å². The zero-order valence-electron chi connectivity index (χ0n) is 31.9. The third-order valence-electron chi connectivity index (χ3n) is 10.8. The summed E-state index contributed by atoms with van der Waals surface area (Å²) in [5.74, 6) is -3.32. The molecule has 1 saturated heterocycles. The molecule has 0 spiro atoms. The lowest BCUT2D eigenvalue weighted by Crippen LogP contribution is -2.58. The van der Waals surface area contributed by atoms with Crippen molar-refractivity contribution in [2.75, 3.05) is 6.54 Å². The van der Waals surface area contributed by atoms with Gasteiger partial charge < -0.3 is 25.0 Å². The van der Waals surface area contributed by atoms with Gasteiger partial charge >= 0.3 is 22.5 Å². The molecule has 0 aromatic heterocycles. The summed E-state index contributed by atoms with van der Waals surface area (Å²) in [5, 5.41) is 5.44. The number of carbonyl (C=O) groups excluding carboxylic acids is 5. The van der Waals surface area contributed by atoms with E-state index < -0.39 is 86.9 Å². The number of ether oxygens (including phenoxy) is 2. The standard InChI is InChI=1S/C38H52FN5O10S/c1-5-16-37(17-18-37)54-55(50,51)42-33(47)38-20-25(38)13-9-7-6-8-10-15-29(40-34(48)53-36(2,3)4)32(46)44-22-26(19-30(44)31(45)41-38)52-35(49)43-21-24-12-11-14-28(39)27(24)23-43/h9,11-14,25-26,29-30H,5-8,10,15-23H2,1-4H3,(H,40,48)(H,41,45)(H,42,47)/b13-9-/t25-,26+,29-,30-,38+/m0/s1. The minimum Gasteiger partial charge on any atom is -0.444 e. The van der Waals surface area contributed by atoms with Crippen molar-refractivity contribution in [1.29, 1.82) is 0 Å². The first-order valence-corrected chi connectivity index (χ1v) is 20.6. The summed E-state index contributed by atoms with van der Waals surface area (Å²) in [7, 11) is -4.53. The highest BCUT2D eigenvalue weighted by Crippen LogP contribution is 2.47. The first-order valence-electron chi connectivity index (χ1n) is 19.2. The molecule has 17 heteroatoms. The molecule has 0 bridgehead atoms. The summed E-state index contributed by atoms with van der Waals surface area (Å²) in [6.45, 7) is 6.87. The van der Waals surface area contributed by atoms with Crippen LogP contribution in [0.5, 0.6) is 0 Å². The number of fused-ring (bicyclic) bond motifs is 3. The van der Waals surface area contributed by atoms with Crippen LogP contribution in [-0.4, -0.2) is 89.6 Å².